The van der Waals surface area contributed by atoms with Crippen molar-refractivity contribution in [3.05, 3.63) is 27.3 Å². The van der Waals surface area contributed by atoms with Gasteiger partial charge in [-0.05, 0) is 47.6 Å². The third kappa shape index (κ3) is 2.42. The fraction of sp³-hybridized carbons (Fsp3) is 0.364. The summed E-state index contributed by atoms with van der Waals surface area (Å²) in [6.45, 7) is 0. The van der Waals surface area contributed by atoms with Crippen LogP contribution in [0, 0.1) is 3.57 Å². The van der Waals surface area contributed by atoms with Crippen LogP contribution < -0.4 is 10.1 Å². The topological polar surface area (TPSA) is 38.3 Å². The van der Waals surface area contributed by atoms with Gasteiger partial charge in [0.1, 0.15) is 5.75 Å². The van der Waals surface area contributed by atoms with Gasteiger partial charge < -0.3 is 10.1 Å². The molecule has 2 rings (SSSR count). The normalized spacial score (nSPS) is 14.8. The molecule has 4 heteroatoms. The molecule has 80 valence electrons. The van der Waals surface area contributed by atoms with E-state index in [0.717, 1.165) is 16.4 Å². The molecule has 1 aliphatic rings. The Morgan fingerprint density at radius 1 is 1.53 bits per heavy atom. The fourth-order valence-corrected chi connectivity index (χ4v) is 2.03. The summed E-state index contributed by atoms with van der Waals surface area (Å²) in [6, 6.07) is 5.67. The van der Waals surface area contributed by atoms with Crippen LogP contribution in [-0.2, 0) is 0 Å². The number of hydrogen-bond acceptors (Lipinski definition) is 2. The van der Waals surface area contributed by atoms with Crippen LogP contribution in [0.3, 0.4) is 0 Å². The van der Waals surface area contributed by atoms with E-state index in [2.05, 4.69) is 27.9 Å². The Hall–Kier alpha value is -0.780. The molecule has 0 atom stereocenters. The summed E-state index contributed by atoms with van der Waals surface area (Å²) < 4.78 is 6.62. The van der Waals surface area contributed by atoms with E-state index in [1.54, 1.807) is 7.05 Å². The Morgan fingerprint density at radius 2 is 2.27 bits per heavy atom. The zero-order valence-electron chi connectivity index (χ0n) is 8.42. The molecule has 0 unspecified atom stereocenters. The highest BCUT2D eigenvalue weighted by Gasteiger charge is 2.26. The first-order chi connectivity index (χ1) is 7.22. The highest BCUT2D eigenvalue weighted by Crippen LogP contribution is 2.31. The Labute approximate surface area is 102 Å². The third-order valence-electron chi connectivity index (χ3n) is 2.25. The summed E-state index contributed by atoms with van der Waals surface area (Å²) in [7, 11) is 1.63. The van der Waals surface area contributed by atoms with Gasteiger partial charge in [-0.1, -0.05) is 6.07 Å². The number of halogens is 1. The zero-order valence-corrected chi connectivity index (χ0v) is 10.6. The minimum absolute atomic E-state index is 0.0874. The van der Waals surface area contributed by atoms with Crippen LogP contribution in [0.1, 0.15) is 23.2 Å². The quantitative estimate of drug-likeness (QED) is 0.868. The molecule has 1 saturated carbocycles. The van der Waals surface area contributed by atoms with E-state index in [9.17, 15) is 4.79 Å². The average molecular weight is 317 g/mol. The first-order valence-electron chi connectivity index (χ1n) is 4.89. The van der Waals surface area contributed by atoms with Crippen LogP contribution in [-0.4, -0.2) is 19.1 Å². The van der Waals surface area contributed by atoms with Gasteiger partial charge in [-0.2, -0.15) is 0 Å². The summed E-state index contributed by atoms with van der Waals surface area (Å²) in [5.41, 5.74) is 0.646. The largest absolute Gasteiger partial charge is 0.490 e. The SMILES string of the molecule is CNC(=O)c1c(I)cccc1OC1CC1. The molecule has 0 aliphatic heterocycles. The lowest BCUT2D eigenvalue weighted by Gasteiger charge is -2.11. The minimum atomic E-state index is -0.0874. The smallest absolute Gasteiger partial charge is 0.255 e. The molecule has 0 bridgehead atoms. The molecular weight excluding hydrogens is 305 g/mol. The van der Waals surface area contributed by atoms with Gasteiger partial charge in [0.25, 0.3) is 5.91 Å². The second-order valence-corrected chi connectivity index (χ2v) is 4.67. The molecule has 1 amide bonds. The fourth-order valence-electron chi connectivity index (χ4n) is 1.31. The number of carbonyl (C=O) groups is 1. The Bertz CT molecular complexity index is 388. The first-order valence-corrected chi connectivity index (χ1v) is 5.97. The van der Waals surface area contributed by atoms with Crippen molar-refractivity contribution in [2.75, 3.05) is 7.05 Å². The number of ether oxygens (including phenoxy) is 1. The molecule has 0 heterocycles. The maximum atomic E-state index is 11.7. The molecule has 0 saturated heterocycles. The molecule has 0 radical (unpaired) electrons. The molecule has 3 nitrogen and oxygen atoms in total. The molecule has 1 aliphatic carbocycles. The van der Waals surface area contributed by atoms with Gasteiger partial charge >= 0.3 is 0 Å². The molecule has 1 N–H and O–H groups in total. The van der Waals surface area contributed by atoms with Gasteiger partial charge in [0.15, 0.2) is 0 Å². The van der Waals surface area contributed by atoms with Gasteiger partial charge in [-0.15, -0.1) is 0 Å². The summed E-state index contributed by atoms with van der Waals surface area (Å²) in [4.78, 5) is 11.7. The molecule has 15 heavy (non-hydrogen) atoms. The van der Waals surface area contributed by atoms with Gasteiger partial charge in [-0.3, -0.25) is 4.79 Å². The van der Waals surface area contributed by atoms with Crippen molar-refractivity contribution < 1.29 is 9.53 Å². The zero-order chi connectivity index (χ0) is 10.8. The van der Waals surface area contributed by atoms with Crippen molar-refractivity contribution in [2.24, 2.45) is 0 Å². The van der Waals surface area contributed by atoms with Crippen LogP contribution in [0.25, 0.3) is 0 Å². The van der Waals surface area contributed by atoms with Gasteiger partial charge in [0.05, 0.1) is 11.7 Å². The van der Waals surface area contributed by atoms with E-state index in [0.29, 0.717) is 17.4 Å². The highest BCUT2D eigenvalue weighted by atomic mass is 127. The lowest BCUT2D eigenvalue weighted by Crippen LogP contribution is -2.20. The van der Waals surface area contributed by atoms with Crippen LogP contribution in [0.15, 0.2) is 18.2 Å². The van der Waals surface area contributed by atoms with Crippen molar-refractivity contribution in [3.63, 3.8) is 0 Å². The van der Waals surface area contributed by atoms with E-state index in [1.165, 1.54) is 0 Å². The minimum Gasteiger partial charge on any atom is -0.490 e. The number of hydrogen-bond donors (Lipinski definition) is 1. The molecule has 1 aromatic carbocycles. The van der Waals surface area contributed by atoms with Gasteiger partial charge in [0, 0.05) is 10.6 Å². The second kappa shape index (κ2) is 4.38. The van der Waals surface area contributed by atoms with Crippen molar-refractivity contribution in [3.8, 4) is 5.75 Å². The van der Waals surface area contributed by atoms with Crippen LogP contribution >= 0.6 is 22.6 Å². The van der Waals surface area contributed by atoms with Crippen LogP contribution in [0.4, 0.5) is 0 Å². The van der Waals surface area contributed by atoms with Crippen molar-refractivity contribution in [1.82, 2.24) is 5.32 Å². The molecular formula is C11H12INO2. The lowest BCUT2D eigenvalue weighted by molar-refractivity contribution is 0.0957. The summed E-state index contributed by atoms with van der Waals surface area (Å²) >= 11 is 2.15. The highest BCUT2D eigenvalue weighted by molar-refractivity contribution is 14.1. The molecule has 0 spiro atoms. The van der Waals surface area contributed by atoms with E-state index in [-0.39, 0.29) is 5.91 Å². The number of nitrogens with one attached hydrogen (secondary N) is 1. The summed E-state index contributed by atoms with van der Waals surface area (Å²) in [5.74, 6) is 0.611. The molecule has 1 aromatic rings. The Kier molecular flexibility index (Phi) is 3.14. The average Bonchev–Trinajstić information content (AvgIpc) is 3.01. The molecule has 1 fully saturated rings. The van der Waals surface area contributed by atoms with Gasteiger partial charge in [-0.25, -0.2) is 0 Å². The Morgan fingerprint density at radius 3 is 2.87 bits per heavy atom. The maximum Gasteiger partial charge on any atom is 0.255 e. The van der Waals surface area contributed by atoms with Crippen molar-refractivity contribution in [2.45, 2.75) is 18.9 Å². The second-order valence-electron chi connectivity index (χ2n) is 3.51. The van der Waals surface area contributed by atoms with Crippen molar-refractivity contribution in [1.29, 1.82) is 0 Å². The summed E-state index contributed by atoms with van der Waals surface area (Å²) in [5, 5.41) is 2.63. The predicted molar refractivity (Wildman–Crippen MR) is 66.2 cm³/mol. The lowest BCUT2D eigenvalue weighted by atomic mass is 10.2. The number of carbonyl (C=O) groups excluding carboxylic acids is 1. The van der Waals surface area contributed by atoms with Gasteiger partial charge in [0.2, 0.25) is 0 Å². The van der Waals surface area contributed by atoms with E-state index in [1.807, 2.05) is 18.2 Å². The molecule has 0 aromatic heterocycles. The number of benzene rings is 1. The van der Waals surface area contributed by atoms with E-state index < -0.39 is 0 Å². The number of rotatable bonds is 3. The van der Waals surface area contributed by atoms with Crippen LogP contribution in [0.5, 0.6) is 5.75 Å². The number of amides is 1. The predicted octanol–water partition coefficient (Wildman–Crippen LogP) is 2.19. The van der Waals surface area contributed by atoms with Crippen LogP contribution in [0.2, 0.25) is 0 Å². The third-order valence-corrected chi connectivity index (χ3v) is 3.15. The van der Waals surface area contributed by atoms with E-state index in [4.69, 9.17) is 4.74 Å². The maximum absolute atomic E-state index is 11.7. The van der Waals surface area contributed by atoms with Crippen molar-refractivity contribution >= 4 is 28.5 Å². The standard InChI is InChI=1S/C11H12INO2/c1-13-11(14)10-8(12)3-2-4-9(10)15-7-5-6-7/h2-4,7H,5-6H2,1H3,(H,13,14). The van der Waals surface area contributed by atoms with E-state index >= 15 is 0 Å². The Balaban J connectivity index is 2.33. The first kappa shape index (κ1) is 10.7. The monoisotopic (exact) mass is 317 g/mol. The summed E-state index contributed by atoms with van der Waals surface area (Å²) in [6.07, 6.45) is 2.50.